The number of nitrogens with zero attached hydrogens (tertiary/aromatic N) is 2. The van der Waals surface area contributed by atoms with E-state index in [0.717, 1.165) is 24.9 Å². The number of nitrogens with one attached hydrogen (secondary N) is 1. The number of hydrogen-bond acceptors (Lipinski definition) is 2. The fourth-order valence-electron chi connectivity index (χ4n) is 2.65. The Morgan fingerprint density at radius 1 is 1.44 bits per heavy atom. The summed E-state index contributed by atoms with van der Waals surface area (Å²) in [6, 6.07) is 2.84. The van der Waals surface area contributed by atoms with Gasteiger partial charge < -0.3 is 5.32 Å². The molecule has 1 aromatic rings. The van der Waals surface area contributed by atoms with E-state index in [1.165, 1.54) is 31.4 Å². The lowest BCUT2D eigenvalue weighted by Crippen LogP contribution is -2.38. The highest BCUT2D eigenvalue weighted by molar-refractivity contribution is 5.00. The van der Waals surface area contributed by atoms with E-state index in [-0.39, 0.29) is 0 Å². The van der Waals surface area contributed by atoms with Crippen LogP contribution in [-0.2, 0) is 13.5 Å². The zero-order chi connectivity index (χ0) is 11.4. The van der Waals surface area contributed by atoms with Gasteiger partial charge in [-0.05, 0) is 24.8 Å². The molecule has 0 spiro atoms. The van der Waals surface area contributed by atoms with E-state index in [0.29, 0.717) is 0 Å². The Balaban J connectivity index is 1.73. The Labute approximate surface area is 98.2 Å². The fourth-order valence-corrected chi connectivity index (χ4v) is 2.65. The van der Waals surface area contributed by atoms with Crippen LogP contribution in [0.15, 0.2) is 12.3 Å². The second-order valence-electron chi connectivity index (χ2n) is 5.02. The van der Waals surface area contributed by atoms with Crippen molar-refractivity contribution in [1.82, 2.24) is 15.1 Å². The van der Waals surface area contributed by atoms with Crippen LogP contribution in [0.4, 0.5) is 0 Å². The third kappa shape index (κ3) is 2.85. The van der Waals surface area contributed by atoms with Gasteiger partial charge in [0.25, 0.3) is 0 Å². The molecular formula is C13H23N3. The van der Waals surface area contributed by atoms with E-state index in [2.05, 4.69) is 23.4 Å². The van der Waals surface area contributed by atoms with Gasteiger partial charge in [0.1, 0.15) is 0 Å². The van der Waals surface area contributed by atoms with E-state index >= 15 is 0 Å². The highest BCUT2D eigenvalue weighted by Gasteiger charge is 2.20. The molecule has 1 saturated carbocycles. The van der Waals surface area contributed by atoms with Crippen LogP contribution in [0, 0.1) is 5.92 Å². The summed E-state index contributed by atoms with van der Waals surface area (Å²) in [7, 11) is 2.01. The van der Waals surface area contributed by atoms with Crippen molar-refractivity contribution in [1.29, 1.82) is 0 Å². The van der Waals surface area contributed by atoms with E-state index in [9.17, 15) is 0 Å². The molecular weight excluding hydrogens is 198 g/mol. The van der Waals surface area contributed by atoms with Gasteiger partial charge in [-0.3, -0.25) is 4.68 Å². The summed E-state index contributed by atoms with van der Waals surface area (Å²) in [5, 5.41) is 7.88. The first-order valence-corrected chi connectivity index (χ1v) is 6.47. The summed E-state index contributed by atoms with van der Waals surface area (Å²) < 4.78 is 1.96. The summed E-state index contributed by atoms with van der Waals surface area (Å²) >= 11 is 0. The van der Waals surface area contributed by atoms with Gasteiger partial charge in [0.15, 0.2) is 0 Å². The molecule has 1 fully saturated rings. The molecule has 16 heavy (non-hydrogen) atoms. The van der Waals surface area contributed by atoms with Gasteiger partial charge in [-0.15, -0.1) is 0 Å². The molecule has 2 unspecified atom stereocenters. The number of aromatic nitrogens is 2. The zero-order valence-electron chi connectivity index (χ0n) is 10.4. The first kappa shape index (κ1) is 11.6. The van der Waals surface area contributed by atoms with E-state index in [1.54, 1.807) is 0 Å². The summed E-state index contributed by atoms with van der Waals surface area (Å²) in [4.78, 5) is 0. The van der Waals surface area contributed by atoms with Crippen molar-refractivity contribution in [3.63, 3.8) is 0 Å². The van der Waals surface area contributed by atoms with Crippen molar-refractivity contribution in [3.8, 4) is 0 Å². The standard InChI is InChI=1S/C13H23N3/c1-11-5-3-4-6-13(11)14-9-7-12-8-10-15-16(12)2/h8,10-11,13-14H,3-7,9H2,1-2H3. The second-order valence-corrected chi connectivity index (χ2v) is 5.02. The molecule has 1 N–H and O–H groups in total. The molecule has 1 aliphatic carbocycles. The Morgan fingerprint density at radius 3 is 2.94 bits per heavy atom. The first-order valence-electron chi connectivity index (χ1n) is 6.47. The maximum Gasteiger partial charge on any atom is 0.0492 e. The third-order valence-electron chi connectivity index (χ3n) is 3.82. The summed E-state index contributed by atoms with van der Waals surface area (Å²) in [5.74, 6) is 0.847. The topological polar surface area (TPSA) is 29.9 Å². The van der Waals surface area contributed by atoms with Crippen LogP contribution in [-0.4, -0.2) is 22.4 Å². The van der Waals surface area contributed by atoms with Crippen molar-refractivity contribution in [3.05, 3.63) is 18.0 Å². The number of hydrogen-bond donors (Lipinski definition) is 1. The van der Waals surface area contributed by atoms with Gasteiger partial charge in [0, 0.05) is 37.9 Å². The molecule has 0 bridgehead atoms. The quantitative estimate of drug-likeness (QED) is 0.844. The molecule has 2 rings (SSSR count). The normalized spacial score (nSPS) is 25.9. The Morgan fingerprint density at radius 2 is 2.25 bits per heavy atom. The van der Waals surface area contributed by atoms with Crippen LogP contribution in [0.1, 0.15) is 38.3 Å². The Bertz CT molecular complexity index is 319. The number of aryl methyl sites for hydroxylation is 1. The van der Waals surface area contributed by atoms with Gasteiger partial charge in [-0.2, -0.15) is 5.10 Å². The molecule has 2 atom stereocenters. The maximum atomic E-state index is 4.19. The molecule has 3 nitrogen and oxygen atoms in total. The molecule has 1 aromatic heterocycles. The molecule has 0 aromatic carbocycles. The van der Waals surface area contributed by atoms with Crippen LogP contribution in [0.2, 0.25) is 0 Å². The van der Waals surface area contributed by atoms with E-state index in [1.807, 2.05) is 17.9 Å². The largest absolute Gasteiger partial charge is 0.313 e. The lowest BCUT2D eigenvalue weighted by atomic mass is 9.86. The van der Waals surface area contributed by atoms with Crippen LogP contribution in [0.5, 0.6) is 0 Å². The van der Waals surface area contributed by atoms with Crippen LogP contribution in [0.3, 0.4) is 0 Å². The summed E-state index contributed by atoms with van der Waals surface area (Å²) in [6.07, 6.45) is 8.52. The lowest BCUT2D eigenvalue weighted by molar-refractivity contribution is 0.282. The monoisotopic (exact) mass is 221 g/mol. The third-order valence-corrected chi connectivity index (χ3v) is 3.82. The molecule has 3 heteroatoms. The predicted octanol–water partition coefficient (Wildman–Crippen LogP) is 2.13. The molecule has 0 radical (unpaired) electrons. The van der Waals surface area contributed by atoms with Crippen molar-refractivity contribution in [2.24, 2.45) is 13.0 Å². The van der Waals surface area contributed by atoms with Gasteiger partial charge in [-0.1, -0.05) is 19.8 Å². The molecule has 0 amide bonds. The fraction of sp³-hybridized carbons (Fsp3) is 0.769. The van der Waals surface area contributed by atoms with E-state index < -0.39 is 0 Å². The van der Waals surface area contributed by atoms with Crippen LogP contribution >= 0.6 is 0 Å². The SMILES string of the molecule is CC1CCCCC1NCCc1ccnn1C. The predicted molar refractivity (Wildman–Crippen MR) is 66.3 cm³/mol. The maximum absolute atomic E-state index is 4.19. The van der Waals surface area contributed by atoms with Gasteiger partial charge >= 0.3 is 0 Å². The van der Waals surface area contributed by atoms with Crippen molar-refractivity contribution in [2.45, 2.75) is 45.1 Å². The first-order chi connectivity index (χ1) is 7.77. The van der Waals surface area contributed by atoms with Crippen molar-refractivity contribution >= 4 is 0 Å². The summed E-state index contributed by atoms with van der Waals surface area (Å²) in [6.45, 7) is 3.45. The Kier molecular flexibility index (Phi) is 3.99. The molecule has 0 aliphatic heterocycles. The molecule has 1 heterocycles. The lowest BCUT2D eigenvalue weighted by Gasteiger charge is -2.29. The second kappa shape index (κ2) is 5.48. The van der Waals surface area contributed by atoms with Crippen LogP contribution in [0.25, 0.3) is 0 Å². The van der Waals surface area contributed by atoms with Gasteiger partial charge in [-0.25, -0.2) is 0 Å². The average molecular weight is 221 g/mol. The van der Waals surface area contributed by atoms with Gasteiger partial charge in [0.2, 0.25) is 0 Å². The minimum Gasteiger partial charge on any atom is -0.313 e. The Hall–Kier alpha value is -0.830. The van der Waals surface area contributed by atoms with E-state index in [4.69, 9.17) is 0 Å². The molecule has 0 saturated heterocycles. The smallest absolute Gasteiger partial charge is 0.0492 e. The van der Waals surface area contributed by atoms with Crippen molar-refractivity contribution in [2.75, 3.05) is 6.54 Å². The summed E-state index contributed by atoms with van der Waals surface area (Å²) in [5.41, 5.74) is 1.32. The zero-order valence-corrected chi connectivity index (χ0v) is 10.4. The molecule has 90 valence electrons. The highest BCUT2D eigenvalue weighted by atomic mass is 15.3. The van der Waals surface area contributed by atoms with Gasteiger partial charge in [0.05, 0.1) is 0 Å². The minimum atomic E-state index is 0.738. The van der Waals surface area contributed by atoms with Crippen LogP contribution < -0.4 is 5.32 Å². The minimum absolute atomic E-state index is 0.738. The highest BCUT2D eigenvalue weighted by Crippen LogP contribution is 2.23. The van der Waals surface area contributed by atoms with Crippen molar-refractivity contribution < 1.29 is 0 Å². The molecule has 1 aliphatic rings. The number of rotatable bonds is 4. The average Bonchev–Trinajstić information content (AvgIpc) is 2.67.